The minimum Gasteiger partial charge on any atom is -0.459 e. The zero-order chi connectivity index (χ0) is 30.7. The molecule has 10 nitrogen and oxygen atoms in total. The van der Waals surface area contributed by atoms with E-state index in [1.165, 1.54) is 53.3 Å². The Morgan fingerprint density at radius 1 is 1.09 bits per heavy atom. The van der Waals surface area contributed by atoms with Gasteiger partial charge in [-0.3, -0.25) is 9.36 Å². The Balaban J connectivity index is 1.50. The third-order valence-corrected chi connectivity index (χ3v) is 8.04. The van der Waals surface area contributed by atoms with Gasteiger partial charge in [0.05, 0.1) is 28.4 Å². The first-order valence-electron chi connectivity index (χ1n) is 13.3. The summed E-state index contributed by atoms with van der Waals surface area (Å²) >= 11 is 6.46. The van der Waals surface area contributed by atoms with E-state index in [4.69, 9.17) is 21.2 Å². The minimum atomic E-state index is -4.04. The molecule has 2 aromatic heterocycles. The highest BCUT2D eigenvalue weighted by Crippen LogP contribution is 2.29. The Hall–Kier alpha value is -4.52. The van der Waals surface area contributed by atoms with Gasteiger partial charge in [-0.15, -0.1) is 5.10 Å². The number of unbranched alkanes of at least 4 members (excludes halogenated alkanes) is 1. The maximum Gasteiger partial charge on any atom is 0.351 e. The molecule has 2 heterocycles. The number of benzene rings is 3. The number of aromatic nitrogens is 3. The molecule has 3 aromatic carbocycles. The molecule has 222 valence electrons. The van der Waals surface area contributed by atoms with Crippen LogP contribution < -0.4 is 16.1 Å². The lowest BCUT2D eigenvalue weighted by molar-refractivity contribution is 0.0996. The number of halogens is 2. The summed E-state index contributed by atoms with van der Waals surface area (Å²) < 4.78 is 47.2. The van der Waals surface area contributed by atoms with Gasteiger partial charge in [-0.1, -0.05) is 55.3 Å². The van der Waals surface area contributed by atoms with Gasteiger partial charge in [0.15, 0.2) is 5.76 Å². The Morgan fingerprint density at radius 3 is 2.58 bits per heavy atom. The molecule has 1 amide bonds. The molecular formula is C30H27ClFN5O5S. The van der Waals surface area contributed by atoms with Crippen molar-refractivity contribution in [3.63, 3.8) is 0 Å². The van der Waals surface area contributed by atoms with E-state index in [2.05, 4.69) is 10.4 Å². The monoisotopic (exact) mass is 623 g/mol. The second-order valence-electron chi connectivity index (χ2n) is 9.75. The van der Waals surface area contributed by atoms with E-state index in [-0.39, 0.29) is 39.0 Å². The molecule has 0 radical (unpaired) electrons. The molecule has 3 N–H and O–H groups in total. The van der Waals surface area contributed by atoms with E-state index in [0.29, 0.717) is 23.5 Å². The van der Waals surface area contributed by atoms with Crippen LogP contribution in [0.15, 0.2) is 93.2 Å². The van der Waals surface area contributed by atoms with Crippen LogP contribution in [0, 0.1) is 5.82 Å². The Bertz CT molecular complexity index is 1970. The highest BCUT2D eigenvalue weighted by molar-refractivity contribution is 7.89. The normalized spacial score (nSPS) is 11.5. The summed E-state index contributed by atoms with van der Waals surface area (Å²) in [6.45, 7) is 1.87. The number of amides is 1. The zero-order valence-corrected chi connectivity index (χ0v) is 24.5. The van der Waals surface area contributed by atoms with E-state index < -0.39 is 27.4 Å². The first kappa shape index (κ1) is 30.0. The largest absolute Gasteiger partial charge is 0.459 e. The van der Waals surface area contributed by atoms with Crippen molar-refractivity contribution in [3.8, 4) is 16.8 Å². The first-order valence-corrected chi connectivity index (χ1v) is 15.2. The molecule has 5 rings (SSSR count). The number of anilines is 1. The van der Waals surface area contributed by atoms with E-state index >= 15 is 4.39 Å². The number of aryl methyl sites for hydroxylation is 1. The number of carbonyl (C=O) groups excluding carboxylic acids is 1. The van der Waals surface area contributed by atoms with Crippen LogP contribution in [0.3, 0.4) is 0 Å². The standard InChI is InChI=1S/C30H27ClFN5O5S/c1-2-3-10-28-35-37(25-17-21(13-14-23(25)31)34-29(38)26-8-6-15-42-26)30(39)36(28)18-20-12-11-19(16-24(20)32)22-7-4-5-9-27(22)43(33,40)41/h4-9,11-17H,2-3,10,18H2,1H3,(H,34,38)(H2,33,40,41). The van der Waals surface area contributed by atoms with Gasteiger partial charge >= 0.3 is 5.69 Å². The van der Waals surface area contributed by atoms with Crippen LogP contribution >= 0.6 is 11.6 Å². The van der Waals surface area contributed by atoms with Crippen molar-refractivity contribution < 1.29 is 22.0 Å². The summed E-state index contributed by atoms with van der Waals surface area (Å²) in [5, 5.41) is 12.8. The number of hydrogen-bond donors (Lipinski definition) is 2. The van der Waals surface area contributed by atoms with E-state index in [0.717, 1.165) is 17.5 Å². The lowest BCUT2D eigenvalue weighted by Gasteiger charge is -2.11. The Labute approximate surface area is 251 Å². The fourth-order valence-corrected chi connectivity index (χ4v) is 5.55. The molecule has 43 heavy (non-hydrogen) atoms. The van der Waals surface area contributed by atoms with Gasteiger partial charge in [0.25, 0.3) is 5.91 Å². The molecule has 0 saturated carbocycles. The average molecular weight is 624 g/mol. The lowest BCUT2D eigenvalue weighted by Crippen LogP contribution is -2.25. The average Bonchev–Trinajstić information content (AvgIpc) is 3.62. The summed E-state index contributed by atoms with van der Waals surface area (Å²) in [5.74, 6) is -0.578. The molecule has 0 fully saturated rings. The maximum absolute atomic E-state index is 15.5. The number of nitrogens with one attached hydrogen (secondary N) is 1. The molecule has 5 aromatic rings. The number of furan rings is 1. The van der Waals surface area contributed by atoms with Gasteiger partial charge in [0, 0.05) is 23.2 Å². The number of primary sulfonamides is 1. The first-order chi connectivity index (χ1) is 20.6. The van der Waals surface area contributed by atoms with Crippen LogP contribution in [0.2, 0.25) is 5.02 Å². The quantitative estimate of drug-likeness (QED) is 0.214. The van der Waals surface area contributed by atoms with Crippen molar-refractivity contribution in [2.45, 2.75) is 37.6 Å². The number of sulfonamides is 1. The third-order valence-electron chi connectivity index (χ3n) is 6.76. The molecule has 0 atom stereocenters. The third kappa shape index (κ3) is 6.46. The molecule has 0 unspecified atom stereocenters. The number of nitrogens with zero attached hydrogens (tertiary/aromatic N) is 3. The van der Waals surface area contributed by atoms with Crippen molar-refractivity contribution in [2.75, 3.05) is 5.32 Å². The van der Waals surface area contributed by atoms with Crippen LogP contribution in [0.25, 0.3) is 16.8 Å². The van der Waals surface area contributed by atoms with E-state index in [1.54, 1.807) is 30.3 Å². The van der Waals surface area contributed by atoms with Crippen LogP contribution in [0.5, 0.6) is 0 Å². The molecule has 0 aliphatic heterocycles. The van der Waals surface area contributed by atoms with Gasteiger partial charge in [-0.05, 0) is 54.4 Å². The summed E-state index contributed by atoms with van der Waals surface area (Å²) in [6.07, 6.45) is 3.40. The van der Waals surface area contributed by atoms with Crippen molar-refractivity contribution in [3.05, 3.63) is 118 Å². The van der Waals surface area contributed by atoms with Crippen molar-refractivity contribution >= 4 is 33.2 Å². The summed E-state index contributed by atoms with van der Waals surface area (Å²) in [6, 6.07) is 18.1. The minimum absolute atomic E-state index is 0.112. The second kappa shape index (κ2) is 12.4. The van der Waals surface area contributed by atoms with Gasteiger partial charge in [0.2, 0.25) is 10.0 Å². The second-order valence-corrected chi connectivity index (χ2v) is 11.7. The summed E-state index contributed by atoms with van der Waals surface area (Å²) in [7, 11) is -4.04. The predicted octanol–water partition coefficient (Wildman–Crippen LogP) is 5.38. The smallest absolute Gasteiger partial charge is 0.351 e. The number of rotatable bonds is 10. The molecule has 13 heteroatoms. The molecule has 0 aliphatic carbocycles. The predicted molar refractivity (Wildman–Crippen MR) is 160 cm³/mol. The SMILES string of the molecule is CCCCc1nn(-c2cc(NC(=O)c3ccco3)ccc2Cl)c(=O)n1Cc1ccc(-c2ccccc2S(N)(=O)=O)cc1F. The highest BCUT2D eigenvalue weighted by Gasteiger charge is 2.20. The fraction of sp³-hybridized carbons (Fsp3) is 0.167. The van der Waals surface area contributed by atoms with Crippen LogP contribution in [-0.2, 0) is 23.0 Å². The number of carbonyl (C=O) groups is 1. The van der Waals surface area contributed by atoms with Crippen molar-refractivity contribution in [1.82, 2.24) is 14.3 Å². The fourth-order valence-electron chi connectivity index (χ4n) is 4.59. The van der Waals surface area contributed by atoms with Crippen LogP contribution in [0.4, 0.5) is 10.1 Å². The van der Waals surface area contributed by atoms with Crippen LogP contribution in [0.1, 0.15) is 41.7 Å². The van der Waals surface area contributed by atoms with Crippen LogP contribution in [-0.4, -0.2) is 28.7 Å². The topological polar surface area (TPSA) is 142 Å². The molecule has 0 spiro atoms. The molecule has 0 saturated heterocycles. The van der Waals surface area contributed by atoms with E-state index in [1.807, 2.05) is 6.92 Å². The van der Waals surface area contributed by atoms with Crippen molar-refractivity contribution in [2.24, 2.45) is 5.14 Å². The Kier molecular flexibility index (Phi) is 8.62. The molecule has 0 bridgehead atoms. The zero-order valence-electron chi connectivity index (χ0n) is 23.0. The number of nitrogens with two attached hydrogens (primary N) is 1. The highest BCUT2D eigenvalue weighted by atomic mass is 35.5. The molecular weight excluding hydrogens is 597 g/mol. The lowest BCUT2D eigenvalue weighted by atomic mass is 10.0. The number of hydrogen-bond acceptors (Lipinski definition) is 6. The van der Waals surface area contributed by atoms with Gasteiger partial charge < -0.3 is 9.73 Å². The molecule has 0 aliphatic rings. The maximum atomic E-state index is 15.5. The van der Waals surface area contributed by atoms with Gasteiger partial charge in [0.1, 0.15) is 11.6 Å². The summed E-state index contributed by atoms with van der Waals surface area (Å²) in [4.78, 5) is 26.0. The van der Waals surface area contributed by atoms with Gasteiger partial charge in [-0.2, -0.15) is 4.68 Å². The van der Waals surface area contributed by atoms with Gasteiger partial charge in [-0.25, -0.2) is 22.7 Å². The van der Waals surface area contributed by atoms with E-state index in [9.17, 15) is 18.0 Å². The Morgan fingerprint density at radius 2 is 1.88 bits per heavy atom. The van der Waals surface area contributed by atoms with Crippen molar-refractivity contribution in [1.29, 1.82) is 0 Å². The summed E-state index contributed by atoms with van der Waals surface area (Å²) in [5.41, 5.74) is 0.819.